The first-order valence-electron chi connectivity index (χ1n) is 6.29. The van der Waals surface area contributed by atoms with Gasteiger partial charge >= 0.3 is 0 Å². The van der Waals surface area contributed by atoms with E-state index < -0.39 is 0 Å². The lowest BCUT2D eigenvalue weighted by Gasteiger charge is -2.29. The number of hydrogen-bond donors (Lipinski definition) is 2. The number of H-pyrrole nitrogens is 1. The molecule has 2 atom stereocenters. The maximum atomic E-state index is 12.3. The van der Waals surface area contributed by atoms with Gasteiger partial charge in [0.25, 0.3) is 5.91 Å². The van der Waals surface area contributed by atoms with Crippen LogP contribution in [0.15, 0.2) is 23.1 Å². The molecule has 1 aromatic heterocycles. The third-order valence-corrected chi connectivity index (χ3v) is 3.76. The van der Waals surface area contributed by atoms with Gasteiger partial charge in [0.15, 0.2) is 0 Å². The van der Waals surface area contributed by atoms with E-state index in [-0.39, 0.29) is 17.5 Å². The topological polar surface area (TPSA) is 79.2 Å². The molecular weight excluding hydrogens is 230 g/mol. The summed E-state index contributed by atoms with van der Waals surface area (Å²) in [5, 5.41) is 0. The quantitative estimate of drug-likeness (QED) is 0.822. The van der Waals surface area contributed by atoms with Gasteiger partial charge in [0.1, 0.15) is 0 Å². The summed E-state index contributed by atoms with van der Waals surface area (Å²) in [5.41, 5.74) is 5.91. The summed E-state index contributed by atoms with van der Waals surface area (Å²) in [6.45, 7) is 0.609. The smallest absolute Gasteiger partial charge is 0.254 e. The Morgan fingerprint density at radius 3 is 3.00 bits per heavy atom. The molecule has 1 aromatic rings. The molecule has 0 radical (unpaired) electrons. The Bertz CT molecular complexity index is 483. The van der Waals surface area contributed by atoms with Gasteiger partial charge in [-0.3, -0.25) is 9.59 Å². The van der Waals surface area contributed by atoms with E-state index >= 15 is 0 Å². The lowest BCUT2D eigenvalue weighted by Crippen LogP contribution is -2.41. The minimum Gasteiger partial charge on any atom is -0.338 e. The Morgan fingerprint density at radius 1 is 1.56 bits per heavy atom. The number of carbonyl (C=O) groups excluding carboxylic acids is 1. The molecule has 1 amide bonds. The highest BCUT2D eigenvalue weighted by Gasteiger charge is 2.32. The monoisotopic (exact) mass is 249 g/mol. The molecule has 2 rings (SSSR count). The van der Waals surface area contributed by atoms with E-state index in [1.54, 1.807) is 18.0 Å². The summed E-state index contributed by atoms with van der Waals surface area (Å²) in [4.78, 5) is 27.7. The largest absolute Gasteiger partial charge is 0.338 e. The van der Waals surface area contributed by atoms with Crippen molar-refractivity contribution in [3.05, 3.63) is 34.2 Å². The number of carbonyl (C=O) groups is 1. The molecule has 1 heterocycles. The molecular formula is C13H19N3O2. The van der Waals surface area contributed by atoms with Crippen LogP contribution < -0.4 is 11.3 Å². The fraction of sp³-hybridized carbons (Fsp3) is 0.538. The third kappa shape index (κ3) is 2.46. The molecule has 5 heteroatoms. The van der Waals surface area contributed by atoms with Crippen LogP contribution in [0.5, 0.6) is 0 Å². The maximum absolute atomic E-state index is 12.3. The molecule has 0 saturated heterocycles. The van der Waals surface area contributed by atoms with Gasteiger partial charge in [-0.2, -0.15) is 0 Å². The summed E-state index contributed by atoms with van der Waals surface area (Å²) in [7, 11) is 1.79. The molecule has 98 valence electrons. The van der Waals surface area contributed by atoms with E-state index in [0.29, 0.717) is 18.0 Å². The fourth-order valence-corrected chi connectivity index (χ4v) is 2.73. The van der Waals surface area contributed by atoms with Crippen molar-refractivity contribution in [3.8, 4) is 0 Å². The number of hydrogen-bond acceptors (Lipinski definition) is 3. The number of nitrogens with zero attached hydrogens (tertiary/aromatic N) is 1. The van der Waals surface area contributed by atoms with E-state index in [4.69, 9.17) is 5.73 Å². The summed E-state index contributed by atoms with van der Waals surface area (Å²) >= 11 is 0. The van der Waals surface area contributed by atoms with Crippen LogP contribution in [0.1, 0.15) is 29.6 Å². The fourth-order valence-electron chi connectivity index (χ4n) is 2.73. The van der Waals surface area contributed by atoms with E-state index in [1.165, 1.54) is 12.3 Å². The van der Waals surface area contributed by atoms with Gasteiger partial charge in [-0.15, -0.1) is 0 Å². The molecule has 1 saturated carbocycles. The predicted molar refractivity (Wildman–Crippen MR) is 69.3 cm³/mol. The van der Waals surface area contributed by atoms with Crippen LogP contribution in [0, 0.1) is 5.92 Å². The van der Waals surface area contributed by atoms with E-state index in [0.717, 1.165) is 19.3 Å². The standard InChI is InChI=1S/C13H19N3O2/c1-16(11-4-2-3-10(11)8-14)13(18)9-5-6-15-12(17)7-9/h5-7,10-11H,2-4,8,14H2,1H3,(H,15,17). The van der Waals surface area contributed by atoms with Crippen LogP contribution in [0.25, 0.3) is 0 Å². The molecule has 1 aliphatic rings. The molecule has 2 unspecified atom stereocenters. The van der Waals surface area contributed by atoms with Crippen LogP contribution in [-0.4, -0.2) is 35.4 Å². The number of pyridine rings is 1. The van der Waals surface area contributed by atoms with Crippen molar-refractivity contribution >= 4 is 5.91 Å². The van der Waals surface area contributed by atoms with Crippen molar-refractivity contribution in [2.45, 2.75) is 25.3 Å². The van der Waals surface area contributed by atoms with Gasteiger partial charge in [-0.25, -0.2) is 0 Å². The van der Waals surface area contributed by atoms with Crippen LogP contribution in [0.3, 0.4) is 0 Å². The van der Waals surface area contributed by atoms with E-state index in [2.05, 4.69) is 4.98 Å². The van der Waals surface area contributed by atoms with Gasteiger partial charge in [0.2, 0.25) is 5.56 Å². The lowest BCUT2D eigenvalue weighted by molar-refractivity contribution is 0.0699. The number of amides is 1. The highest BCUT2D eigenvalue weighted by molar-refractivity contribution is 5.94. The minimum atomic E-state index is -0.254. The minimum absolute atomic E-state index is 0.105. The van der Waals surface area contributed by atoms with Crippen LogP contribution in [0.2, 0.25) is 0 Å². The van der Waals surface area contributed by atoms with E-state index in [1.807, 2.05) is 0 Å². The van der Waals surface area contributed by atoms with Gasteiger partial charge in [0.05, 0.1) is 0 Å². The van der Waals surface area contributed by atoms with Crippen molar-refractivity contribution in [3.63, 3.8) is 0 Å². The Labute approximate surface area is 106 Å². The van der Waals surface area contributed by atoms with Crippen molar-refractivity contribution in [2.24, 2.45) is 11.7 Å². The highest BCUT2D eigenvalue weighted by atomic mass is 16.2. The van der Waals surface area contributed by atoms with E-state index in [9.17, 15) is 9.59 Å². The summed E-state index contributed by atoms with van der Waals surface area (Å²) < 4.78 is 0. The molecule has 3 N–H and O–H groups in total. The number of rotatable bonds is 3. The average molecular weight is 249 g/mol. The zero-order valence-electron chi connectivity index (χ0n) is 10.6. The van der Waals surface area contributed by atoms with Crippen LogP contribution in [-0.2, 0) is 0 Å². The first-order valence-corrected chi connectivity index (χ1v) is 6.29. The molecule has 0 aliphatic heterocycles. The second-order valence-corrected chi connectivity index (χ2v) is 4.85. The van der Waals surface area contributed by atoms with Gasteiger partial charge in [-0.1, -0.05) is 6.42 Å². The van der Waals surface area contributed by atoms with Gasteiger partial charge < -0.3 is 15.6 Å². The summed E-state index contributed by atoms with van der Waals surface area (Å²) in [5.74, 6) is 0.271. The summed E-state index contributed by atoms with van der Waals surface area (Å²) in [6, 6.07) is 3.17. The molecule has 1 fully saturated rings. The zero-order chi connectivity index (χ0) is 13.1. The second-order valence-electron chi connectivity index (χ2n) is 4.85. The highest BCUT2D eigenvalue weighted by Crippen LogP contribution is 2.29. The normalized spacial score (nSPS) is 23.0. The van der Waals surface area contributed by atoms with Gasteiger partial charge in [-0.05, 0) is 31.4 Å². The molecule has 5 nitrogen and oxygen atoms in total. The molecule has 18 heavy (non-hydrogen) atoms. The zero-order valence-corrected chi connectivity index (χ0v) is 10.6. The molecule has 0 bridgehead atoms. The molecule has 0 aromatic carbocycles. The molecule has 1 aliphatic carbocycles. The SMILES string of the molecule is CN(C(=O)c1cc[nH]c(=O)c1)C1CCCC1CN. The van der Waals surface area contributed by atoms with Crippen molar-refractivity contribution in [1.82, 2.24) is 9.88 Å². The number of aromatic amines is 1. The maximum Gasteiger partial charge on any atom is 0.254 e. The Balaban J connectivity index is 2.16. The average Bonchev–Trinajstić information content (AvgIpc) is 2.85. The van der Waals surface area contributed by atoms with Crippen LogP contribution >= 0.6 is 0 Å². The second kappa shape index (κ2) is 5.35. The van der Waals surface area contributed by atoms with Crippen molar-refractivity contribution in [1.29, 1.82) is 0 Å². The Morgan fingerprint density at radius 2 is 2.33 bits per heavy atom. The first kappa shape index (κ1) is 12.8. The number of aromatic nitrogens is 1. The van der Waals surface area contributed by atoms with Crippen molar-refractivity contribution in [2.75, 3.05) is 13.6 Å². The lowest BCUT2D eigenvalue weighted by atomic mass is 10.0. The third-order valence-electron chi connectivity index (χ3n) is 3.76. The predicted octanol–water partition coefficient (Wildman–Crippen LogP) is 0.574. The van der Waals surface area contributed by atoms with Gasteiger partial charge in [0, 0.05) is 30.9 Å². The van der Waals surface area contributed by atoms with Crippen LogP contribution in [0.4, 0.5) is 0 Å². The summed E-state index contributed by atoms with van der Waals surface area (Å²) in [6.07, 6.45) is 4.68. The Kier molecular flexibility index (Phi) is 3.81. The first-order chi connectivity index (χ1) is 8.63. The molecule has 0 spiro atoms. The van der Waals surface area contributed by atoms with Crippen molar-refractivity contribution < 1.29 is 4.79 Å². The number of nitrogens with one attached hydrogen (secondary N) is 1. The number of nitrogens with two attached hydrogens (primary N) is 1. The Hall–Kier alpha value is -1.62.